The van der Waals surface area contributed by atoms with Crippen molar-refractivity contribution in [1.82, 2.24) is 14.8 Å². The molecule has 0 aliphatic carbocycles. The van der Waals surface area contributed by atoms with Gasteiger partial charge in [0.05, 0.1) is 12.2 Å². The monoisotopic (exact) mass is 405 g/mol. The van der Waals surface area contributed by atoms with Crippen molar-refractivity contribution in [2.24, 2.45) is 0 Å². The van der Waals surface area contributed by atoms with Gasteiger partial charge in [-0.05, 0) is 37.8 Å². The van der Waals surface area contributed by atoms with Gasteiger partial charge in [0.1, 0.15) is 18.3 Å². The lowest BCUT2D eigenvalue weighted by molar-refractivity contribution is -0.145. The van der Waals surface area contributed by atoms with Crippen molar-refractivity contribution < 1.29 is 23.8 Å². The van der Waals surface area contributed by atoms with Gasteiger partial charge in [0.15, 0.2) is 0 Å². The molecule has 0 spiro atoms. The molecule has 0 saturated carbocycles. The van der Waals surface area contributed by atoms with Crippen LogP contribution >= 0.6 is 0 Å². The number of carbonyl (C=O) groups excluding carboxylic acids is 2. The van der Waals surface area contributed by atoms with Crippen LogP contribution in [0.1, 0.15) is 42.5 Å². The summed E-state index contributed by atoms with van der Waals surface area (Å²) in [6.07, 6.45) is 4.88. The van der Waals surface area contributed by atoms with Gasteiger partial charge in [0.2, 0.25) is 11.8 Å². The third kappa shape index (κ3) is 5.45. The highest BCUT2D eigenvalue weighted by molar-refractivity contribution is 5.96. The van der Waals surface area contributed by atoms with Crippen LogP contribution in [-0.4, -0.2) is 85.8 Å². The molecule has 2 aliphatic heterocycles. The summed E-state index contributed by atoms with van der Waals surface area (Å²) < 4.78 is 17.7. The third-order valence-corrected chi connectivity index (χ3v) is 5.69. The molecule has 8 nitrogen and oxygen atoms in total. The van der Waals surface area contributed by atoms with Crippen LogP contribution in [0.15, 0.2) is 18.3 Å². The summed E-state index contributed by atoms with van der Waals surface area (Å²) in [6.45, 7) is 1.39. The van der Waals surface area contributed by atoms with E-state index in [9.17, 15) is 9.59 Å². The van der Waals surface area contributed by atoms with Gasteiger partial charge in [-0.1, -0.05) is 0 Å². The molecule has 1 saturated heterocycles. The van der Waals surface area contributed by atoms with Crippen LogP contribution in [0.2, 0.25) is 0 Å². The summed E-state index contributed by atoms with van der Waals surface area (Å²) in [7, 11) is 5.22. The van der Waals surface area contributed by atoms with Crippen molar-refractivity contribution >= 4 is 11.8 Å². The first kappa shape index (κ1) is 21.5. The Morgan fingerprint density at radius 1 is 1.14 bits per heavy atom. The number of fused-ring (bicyclic) bond motifs is 3. The fourth-order valence-electron chi connectivity index (χ4n) is 3.83. The molecule has 3 heterocycles. The number of aromatic nitrogens is 1. The maximum absolute atomic E-state index is 12.9. The molecule has 2 aliphatic rings. The lowest BCUT2D eigenvalue weighted by Gasteiger charge is -2.36. The topological polar surface area (TPSA) is 81.2 Å². The smallest absolute Gasteiger partial charge is 0.259 e. The number of amides is 2. The molecule has 1 fully saturated rings. The van der Waals surface area contributed by atoms with Crippen LogP contribution in [0.3, 0.4) is 0 Å². The van der Waals surface area contributed by atoms with Gasteiger partial charge < -0.3 is 24.0 Å². The first-order valence-electron chi connectivity index (χ1n) is 10.2. The van der Waals surface area contributed by atoms with Crippen molar-refractivity contribution in [1.29, 1.82) is 0 Å². The molecular weight excluding hydrogens is 374 g/mol. The largest absolute Gasteiger partial charge is 0.474 e. The zero-order valence-electron chi connectivity index (χ0n) is 17.5. The summed E-state index contributed by atoms with van der Waals surface area (Å²) >= 11 is 0. The van der Waals surface area contributed by atoms with Gasteiger partial charge in [-0.2, -0.15) is 0 Å². The lowest BCUT2D eigenvalue weighted by atomic mass is 9.99. The highest BCUT2D eigenvalue weighted by Crippen LogP contribution is 2.26. The Labute approximate surface area is 172 Å². The lowest BCUT2D eigenvalue weighted by Crippen LogP contribution is -2.44. The Bertz CT molecular complexity index is 713. The zero-order chi connectivity index (χ0) is 20.8. The molecule has 2 amide bonds. The van der Waals surface area contributed by atoms with Crippen LogP contribution in [0, 0.1) is 0 Å². The molecule has 1 aromatic heterocycles. The number of rotatable bonds is 1. The summed E-state index contributed by atoms with van der Waals surface area (Å²) in [4.78, 5) is 32.9. The minimum absolute atomic E-state index is 0.0501. The van der Waals surface area contributed by atoms with E-state index in [2.05, 4.69) is 4.98 Å². The first-order valence-corrected chi connectivity index (χ1v) is 10.2. The van der Waals surface area contributed by atoms with Crippen LogP contribution in [0.5, 0.6) is 5.88 Å². The van der Waals surface area contributed by atoms with Crippen molar-refractivity contribution in [3.8, 4) is 5.88 Å². The quantitative estimate of drug-likeness (QED) is 0.708. The minimum Gasteiger partial charge on any atom is -0.474 e. The number of pyridine rings is 1. The summed E-state index contributed by atoms with van der Waals surface area (Å²) in [5.74, 6) is 0.213. The van der Waals surface area contributed by atoms with Crippen LogP contribution in [0.4, 0.5) is 0 Å². The SMILES string of the molecule is CO[C@H]1CC[C@H]2CCN(C)C(=O)CCCN(C)C(=O)c3cccnc3OC[C@@H]1O2. The maximum atomic E-state index is 12.9. The molecule has 0 aromatic carbocycles. The summed E-state index contributed by atoms with van der Waals surface area (Å²) in [5.41, 5.74) is 0.409. The average molecular weight is 405 g/mol. The van der Waals surface area contributed by atoms with Crippen molar-refractivity contribution in [2.45, 2.75) is 50.4 Å². The van der Waals surface area contributed by atoms with E-state index < -0.39 is 0 Å². The van der Waals surface area contributed by atoms with E-state index in [-0.39, 0.29) is 36.7 Å². The molecule has 8 heteroatoms. The number of ether oxygens (including phenoxy) is 3. The second-order valence-corrected chi connectivity index (χ2v) is 7.75. The van der Waals surface area contributed by atoms with Crippen LogP contribution < -0.4 is 4.74 Å². The maximum Gasteiger partial charge on any atom is 0.259 e. The molecular formula is C21H31N3O5. The van der Waals surface area contributed by atoms with Crippen molar-refractivity contribution in [3.05, 3.63) is 23.9 Å². The molecule has 0 radical (unpaired) electrons. The molecule has 2 bridgehead atoms. The van der Waals surface area contributed by atoms with E-state index in [1.165, 1.54) is 0 Å². The Morgan fingerprint density at radius 3 is 2.76 bits per heavy atom. The normalized spacial score (nSPS) is 27.3. The van der Waals surface area contributed by atoms with E-state index in [4.69, 9.17) is 14.2 Å². The Morgan fingerprint density at radius 2 is 1.97 bits per heavy atom. The molecule has 3 rings (SSSR count). The molecule has 1 aromatic rings. The van der Waals surface area contributed by atoms with E-state index in [1.807, 2.05) is 7.05 Å². The highest BCUT2D eigenvalue weighted by Gasteiger charge is 2.33. The standard InChI is InChI=1S/C21H31N3O5/c1-23-13-10-15-8-9-17(27-3)18(29-15)14-28-20-16(6-4-11-22-20)21(26)24(2)12-5-7-19(23)25/h4,6,11,15,17-18H,5,7-10,12-14H2,1-3H3/t15-,17-,18-/m0/s1. The highest BCUT2D eigenvalue weighted by atomic mass is 16.6. The van der Waals surface area contributed by atoms with E-state index >= 15 is 0 Å². The van der Waals surface area contributed by atoms with Crippen LogP contribution in [0.25, 0.3) is 0 Å². The second kappa shape index (κ2) is 10.0. The number of methoxy groups -OCH3 is 1. The van der Waals surface area contributed by atoms with E-state index in [0.29, 0.717) is 37.4 Å². The van der Waals surface area contributed by atoms with E-state index in [1.54, 1.807) is 42.3 Å². The number of nitrogens with zero attached hydrogens (tertiary/aromatic N) is 3. The average Bonchev–Trinajstić information content (AvgIpc) is 2.74. The third-order valence-electron chi connectivity index (χ3n) is 5.69. The molecule has 3 atom stereocenters. The number of carbonyl (C=O) groups is 2. The number of hydrogen-bond acceptors (Lipinski definition) is 6. The molecule has 29 heavy (non-hydrogen) atoms. The van der Waals surface area contributed by atoms with Gasteiger partial charge in [-0.15, -0.1) is 0 Å². The molecule has 0 unspecified atom stereocenters. The fourth-order valence-corrected chi connectivity index (χ4v) is 3.83. The van der Waals surface area contributed by atoms with Crippen molar-refractivity contribution in [2.75, 3.05) is 40.9 Å². The fraction of sp³-hybridized carbons (Fsp3) is 0.667. The Balaban J connectivity index is 1.81. The zero-order valence-corrected chi connectivity index (χ0v) is 17.5. The minimum atomic E-state index is -0.254. The van der Waals surface area contributed by atoms with Crippen LogP contribution in [-0.2, 0) is 14.3 Å². The number of hydrogen-bond donors (Lipinski definition) is 0. The van der Waals surface area contributed by atoms with Gasteiger partial charge in [-0.3, -0.25) is 9.59 Å². The summed E-state index contributed by atoms with van der Waals surface area (Å²) in [5, 5.41) is 0. The Kier molecular flexibility index (Phi) is 7.44. The van der Waals surface area contributed by atoms with E-state index in [0.717, 1.165) is 19.3 Å². The second-order valence-electron chi connectivity index (χ2n) is 7.75. The molecule has 160 valence electrons. The Hall–Kier alpha value is -2.19. The summed E-state index contributed by atoms with van der Waals surface area (Å²) in [6, 6.07) is 3.43. The predicted octanol–water partition coefficient (Wildman–Crippen LogP) is 1.74. The van der Waals surface area contributed by atoms with Crippen molar-refractivity contribution in [3.63, 3.8) is 0 Å². The van der Waals surface area contributed by atoms with Gasteiger partial charge in [0.25, 0.3) is 5.91 Å². The van der Waals surface area contributed by atoms with Gasteiger partial charge in [0, 0.05) is 46.9 Å². The van der Waals surface area contributed by atoms with Gasteiger partial charge >= 0.3 is 0 Å². The first-order chi connectivity index (χ1) is 14.0. The predicted molar refractivity (Wildman–Crippen MR) is 107 cm³/mol. The molecule has 0 N–H and O–H groups in total. The van der Waals surface area contributed by atoms with Gasteiger partial charge in [-0.25, -0.2) is 4.98 Å².